The molecular formula is C17H21N3O2. The third-order valence-electron chi connectivity index (χ3n) is 4.78. The van der Waals surface area contributed by atoms with Crippen molar-refractivity contribution in [3.63, 3.8) is 0 Å². The minimum atomic E-state index is 0.0630. The normalized spacial score (nSPS) is 24.6. The molecule has 0 N–H and O–H groups in total. The van der Waals surface area contributed by atoms with Crippen LogP contribution in [0.1, 0.15) is 30.6 Å². The number of aromatic nitrogens is 1. The third kappa shape index (κ3) is 2.29. The number of carbonyl (C=O) groups excluding carboxylic acids is 1. The maximum atomic E-state index is 12.6. The van der Waals surface area contributed by atoms with Gasteiger partial charge in [0.1, 0.15) is 5.52 Å². The first-order valence-electron chi connectivity index (χ1n) is 7.88. The minimum Gasteiger partial charge on any atom is -0.463 e. The Morgan fingerprint density at radius 3 is 3.00 bits per heavy atom. The van der Waals surface area contributed by atoms with Crippen LogP contribution in [0.4, 0.5) is 0 Å². The molecule has 1 unspecified atom stereocenters. The summed E-state index contributed by atoms with van der Waals surface area (Å²) in [7, 11) is 0. The lowest BCUT2D eigenvalue weighted by Gasteiger charge is -2.49. The summed E-state index contributed by atoms with van der Waals surface area (Å²) in [6, 6.07) is 4.11. The van der Waals surface area contributed by atoms with E-state index in [1.54, 1.807) is 24.6 Å². The molecule has 0 saturated carbocycles. The zero-order valence-electron chi connectivity index (χ0n) is 13.1. The predicted molar refractivity (Wildman–Crippen MR) is 83.7 cm³/mol. The quantitative estimate of drug-likeness (QED) is 0.854. The van der Waals surface area contributed by atoms with Crippen molar-refractivity contribution in [3.05, 3.63) is 30.2 Å². The van der Waals surface area contributed by atoms with Gasteiger partial charge in [-0.2, -0.15) is 0 Å². The molecule has 2 saturated heterocycles. The maximum Gasteiger partial charge on any atom is 0.255 e. The molecule has 0 spiro atoms. The molecule has 0 radical (unpaired) electrons. The standard InChI is InChI=1S/C17H21N3O2/c1-17(2)10-20(11-17)13-3-5-19(9-13)16(21)12-7-15-14(18-8-12)4-6-22-15/h4,6-8,13H,3,5,9-11H2,1-2H3. The van der Waals surface area contributed by atoms with E-state index in [4.69, 9.17) is 4.42 Å². The van der Waals surface area contributed by atoms with Crippen LogP contribution in [0.2, 0.25) is 0 Å². The number of hydrogen-bond donors (Lipinski definition) is 0. The Bertz CT molecular complexity index is 714. The van der Waals surface area contributed by atoms with Crippen LogP contribution in [-0.4, -0.2) is 52.9 Å². The molecule has 4 rings (SSSR count). The number of rotatable bonds is 2. The van der Waals surface area contributed by atoms with Crippen LogP contribution in [0.25, 0.3) is 11.1 Å². The first-order valence-corrected chi connectivity index (χ1v) is 7.88. The lowest BCUT2D eigenvalue weighted by atomic mass is 9.83. The van der Waals surface area contributed by atoms with Crippen molar-refractivity contribution >= 4 is 17.0 Å². The van der Waals surface area contributed by atoms with Crippen molar-refractivity contribution < 1.29 is 9.21 Å². The van der Waals surface area contributed by atoms with E-state index in [-0.39, 0.29) is 5.91 Å². The molecule has 0 aliphatic carbocycles. The molecular weight excluding hydrogens is 278 g/mol. The molecule has 0 aromatic carbocycles. The Labute approximate surface area is 129 Å². The van der Waals surface area contributed by atoms with Crippen molar-refractivity contribution in [3.8, 4) is 0 Å². The molecule has 5 nitrogen and oxygen atoms in total. The number of hydrogen-bond acceptors (Lipinski definition) is 4. The van der Waals surface area contributed by atoms with E-state index in [2.05, 4.69) is 23.7 Å². The third-order valence-corrected chi connectivity index (χ3v) is 4.78. The zero-order chi connectivity index (χ0) is 15.3. The van der Waals surface area contributed by atoms with Gasteiger partial charge in [-0.25, -0.2) is 0 Å². The summed E-state index contributed by atoms with van der Waals surface area (Å²) in [4.78, 5) is 21.4. The van der Waals surface area contributed by atoms with Crippen molar-refractivity contribution in [2.45, 2.75) is 26.3 Å². The van der Waals surface area contributed by atoms with Crippen molar-refractivity contribution in [1.29, 1.82) is 0 Å². The average molecular weight is 299 g/mol. The van der Waals surface area contributed by atoms with Crippen LogP contribution >= 0.6 is 0 Å². The Hall–Kier alpha value is -1.88. The molecule has 2 fully saturated rings. The molecule has 1 atom stereocenters. The van der Waals surface area contributed by atoms with E-state index < -0.39 is 0 Å². The Morgan fingerprint density at radius 1 is 1.41 bits per heavy atom. The van der Waals surface area contributed by atoms with E-state index >= 15 is 0 Å². The first-order chi connectivity index (χ1) is 10.5. The summed E-state index contributed by atoms with van der Waals surface area (Å²) in [5.41, 5.74) is 2.52. The van der Waals surface area contributed by atoms with Gasteiger partial charge in [0.15, 0.2) is 5.58 Å². The van der Waals surface area contributed by atoms with E-state index in [9.17, 15) is 4.79 Å². The molecule has 1 amide bonds. The van der Waals surface area contributed by atoms with E-state index in [0.29, 0.717) is 22.6 Å². The fourth-order valence-corrected chi connectivity index (χ4v) is 3.68. The number of fused-ring (bicyclic) bond motifs is 1. The van der Waals surface area contributed by atoms with Crippen LogP contribution in [0, 0.1) is 5.41 Å². The number of amides is 1. The minimum absolute atomic E-state index is 0.0630. The number of nitrogens with zero attached hydrogens (tertiary/aromatic N) is 3. The van der Waals surface area contributed by atoms with Crippen LogP contribution in [0.5, 0.6) is 0 Å². The zero-order valence-corrected chi connectivity index (χ0v) is 13.1. The molecule has 2 aromatic heterocycles. The number of likely N-dealkylation sites (tertiary alicyclic amines) is 2. The van der Waals surface area contributed by atoms with Crippen LogP contribution in [-0.2, 0) is 0 Å². The second-order valence-electron chi connectivity index (χ2n) is 7.29. The first kappa shape index (κ1) is 13.8. The summed E-state index contributed by atoms with van der Waals surface area (Å²) >= 11 is 0. The van der Waals surface area contributed by atoms with E-state index in [1.165, 1.54) is 0 Å². The number of carbonyl (C=O) groups is 1. The number of furan rings is 1. The van der Waals surface area contributed by atoms with Gasteiger partial charge in [0.2, 0.25) is 0 Å². The highest BCUT2D eigenvalue weighted by Gasteiger charge is 2.41. The molecule has 2 aliphatic heterocycles. The summed E-state index contributed by atoms with van der Waals surface area (Å²) in [5, 5.41) is 0. The second-order valence-corrected chi connectivity index (χ2v) is 7.29. The lowest BCUT2D eigenvalue weighted by molar-refractivity contribution is -0.00235. The van der Waals surface area contributed by atoms with Gasteiger partial charge in [0.25, 0.3) is 5.91 Å². The fourth-order valence-electron chi connectivity index (χ4n) is 3.68. The molecule has 4 heterocycles. The van der Waals surface area contributed by atoms with Crippen LogP contribution < -0.4 is 0 Å². The van der Waals surface area contributed by atoms with Gasteiger partial charge in [-0.1, -0.05) is 13.8 Å². The molecule has 0 bridgehead atoms. The second kappa shape index (κ2) is 4.81. The summed E-state index contributed by atoms with van der Waals surface area (Å²) in [5.74, 6) is 0.0630. The van der Waals surface area contributed by atoms with Crippen LogP contribution in [0.15, 0.2) is 29.0 Å². The van der Waals surface area contributed by atoms with Gasteiger partial charge in [-0.05, 0) is 17.9 Å². The topological polar surface area (TPSA) is 49.6 Å². The highest BCUT2D eigenvalue weighted by atomic mass is 16.3. The Kier molecular flexibility index (Phi) is 3.01. The summed E-state index contributed by atoms with van der Waals surface area (Å²) < 4.78 is 5.34. The SMILES string of the molecule is CC1(C)CN(C2CCN(C(=O)c3cnc4ccoc4c3)C2)C1. The van der Waals surface area contributed by atoms with Crippen molar-refractivity contribution in [2.75, 3.05) is 26.2 Å². The van der Waals surface area contributed by atoms with Gasteiger partial charge in [0, 0.05) is 44.5 Å². The lowest BCUT2D eigenvalue weighted by Crippen LogP contribution is -2.57. The smallest absolute Gasteiger partial charge is 0.255 e. The molecule has 2 aliphatic rings. The highest BCUT2D eigenvalue weighted by molar-refractivity contribution is 5.96. The van der Waals surface area contributed by atoms with Gasteiger partial charge < -0.3 is 9.32 Å². The van der Waals surface area contributed by atoms with Gasteiger partial charge in [0.05, 0.1) is 11.8 Å². The fraction of sp³-hybridized carbons (Fsp3) is 0.529. The van der Waals surface area contributed by atoms with Crippen LogP contribution in [0.3, 0.4) is 0 Å². The van der Waals surface area contributed by atoms with Gasteiger partial charge in [-0.15, -0.1) is 0 Å². The molecule has 5 heteroatoms. The Morgan fingerprint density at radius 2 is 2.23 bits per heavy atom. The Balaban J connectivity index is 1.45. The van der Waals surface area contributed by atoms with E-state index in [0.717, 1.165) is 38.1 Å². The number of pyridine rings is 1. The molecule has 22 heavy (non-hydrogen) atoms. The monoisotopic (exact) mass is 299 g/mol. The highest BCUT2D eigenvalue weighted by Crippen LogP contribution is 2.33. The average Bonchev–Trinajstić information content (AvgIpc) is 3.12. The predicted octanol–water partition coefficient (Wildman–Crippen LogP) is 2.38. The maximum absolute atomic E-state index is 12.6. The molecule has 2 aromatic rings. The van der Waals surface area contributed by atoms with Crippen molar-refractivity contribution in [2.24, 2.45) is 5.41 Å². The van der Waals surface area contributed by atoms with Gasteiger partial charge in [-0.3, -0.25) is 14.7 Å². The van der Waals surface area contributed by atoms with Gasteiger partial charge >= 0.3 is 0 Å². The molecule has 116 valence electrons. The largest absolute Gasteiger partial charge is 0.463 e. The summed E-state index contributed by atoms with van der Waals surface area (Å²) in [6.07, 6.45) is 4.32. The van der Waals surface area contributed by atoms with E-state index in [1.807, 2.05) is 4.90 Å². The van der Waals surface area contributed by atoms with Crippen molar-refractivity contribution in [1.82, 2.24) is 14.8 Å². The summed E-state index contributed by atoms with van der Waals surface area (Å²) in [6.45, 7) is 8.53.